The second-order valence-corrected chi connectivity index (χ2v) is 9.82. The molecule has 1 aliphatic rings. The second kappa shape index (κ2) is 13.1. The van der Waals surface area contributed by atoms with Crippen LogP contribution in [0.25, 0.3) is 11.5 Å². The Morgan fingerprint density at radius 1 is 1.15 bits per heavy atom. The number of benzene rings is 1. The number of nitrogens with one attached hydrogen (secondary N) is 1. The Kier molecular flexibility index (Phi) is 10.1. The minimum atomic E-state index is 0.127. The van der Waals surface area contributed by atoms with Gasteiger partial charge in [0, 0.05) is 24.6 Å². The molecule has 2 heterocycles. The molecule has 1 aliphatic heterocycles. The first-order valence-electron chi connectivity index (χ1n) is 13.2. The van der Waals surface area contributed by atoms with Crippen molar-refractivity contribution in [2.24, 2.45) is 5.92 Å². The molecular formula is C28H44N4O2. The van der Waals surface area contributed by atoms with Crippen LogP contribution in [0, 0.1) is 26.7 Å². The maximum Gasteiger partial charge on any atom is 0.226 e. The monoisotopic (exact) mass is 468 g/mol. The molecule has 34 heavy (non-hydrogen) atoms. The third-order valence-corrected chi connectivity index (χ3v) is 7.07. The van der Waals surface area contributed by atoms with Crippen molar-refractivity contribution in [3.63, 3.8) is 0 Å². The maximum atomic E-state index is 12.7. The SMILES string of the molecule is CCCCN(CC)CCCNC(=O)C1CCN(Cc2nc(-c3cc(C)ccc3C)oc2C)CC1. The molecule has 0 bridgehead atoms. The zero-order chi connectivity index (χ0) is 24.5. The van der Waals surface area contributed by atoms with Crippen LogP contribution in [0.1, 0.15) is 68.5 Å². The van der Waals surface area contributed by atoms with Gasteiger partial charge in [-0.05, 0) is 90.8 Å². The van der Waals surface area contributed by atoms with E-state index in [4.69, 9.17) is 9.40 Å². The molecule has 6 nitrogen and oxygen atoms in total. The highest BCUT2D eigenvalue weighted by atomic mass is 16.4. The minimum Gasteiger partial charge on any atom is -0.441 e. The van der Waals surface area contributed by atoms with E-state index in [0.717, 1.165) is 82.1 Å². The number of carbonyl (C=O) groups excluding carboxylic acids is 1. The Morgan fingerprint density at radius 2 is 1.88 bits per heavy atom. The highest BCUT2D eigenvalue weighted by Crippen LogP contribution is 2.27. The number of rotatable bonds is 12. The summed E-state index contributed by atoms with van der Waals surface area (Å²) in [5.41, 5.74) is 4.45. The Hall–Kier alpha value is -2.18. The van der Waals surface area contributed by atoms with Crippen molar-refractivity contribution >= 4 is 5.91 Å². The van der Waals surface area contributed by atoms with Gasteiger partial charge in [-0.25, -0.2) is 4.98 Å². The van der Waals surface area contributed by atoms with Gasteiger partial charge in [0.1, 0.15) is 5.76 Å². The van der Waals surface area contributed by atoms with Crippen LogP contribution in [-0.4, -0.2) is 60.0 Å². The third-order valence-electron chi connectivity index (χ3n) is 7.07. The number of hydrogen-bond donors (Lipinski definition) is 1. The Balaban J connectivity index is 1.42. The fraction of sp³-hybridized carbons (Fsp3) is 0.643. The van der Waals surface area contributed by atoms with E-state index in [1.54, 1.807) is 0 Å². The van der Waals surface area contributed by atoms with Crippen molar-refractivity contribution in [3.8, 4) is 11.5 Å². The number of piperidine rings is 1. The summed E-state index contributed by atoms with van der Waals surface area (Å²) >= 11 is 0. The standard InChI is InChI=1S/C28H44N4O2/c1-6-8-15-31(7-2)16-9-14-29-27(33)24-12-17-32(18-13-24)20-26-23(5)34-28(30-26)25-19-21(3)10-11-22(25)4/h10-11,19,24H,6-9,12-18,20H2,1-5H3,(H,29,33). The van der Waals surface area contributed by atoms with Crippen molar-refractivity contribution in [1.82, 2.24) is 20.1 Å². The molecule has 1 aromatic carbocycles. The van der Waals surface area contributed by atoms with Crippen LogP contribution in [0.15, 0.2) is 22.6 Å². The molecule has 1 amide bonds. The molecule has 0 saturated carbocycles. The maximum absolute atomic E-state index is 12.7. The topological polar surface area (TPSA) is 61.6 Å². The van der Waals surface area contributed by atoms with E-state index in [0.29, 0.717) is 5.89 Å². The van der Waals surface area contributed by atoms with Crippen molar-refractivity contribution < 1.29 is 9.21 Å². The highest BCUT2D eigenvalue weighted by Gasteiger charge is 2.26. The molecule has 6 heteroatoms. The summed E-state index contributed by atoms with van der Waals surface area (Å²) in [6.07, 6.45) is 5.32. The third kappa shape index (κ3) is 7.41. The number of unbranched alkanes of at least 4 members (excludes halogenated alkanes) is 1. The van der Waals surface area contributed by atoms with E-state index in [-0.39, 0.29) is 11.8 Å². The average molecular weight is 469 g/mol. The number of aromatic nitrogens is 1. The number of nitrogens with zero attached hydrogens (tertiary/aromatic N) is 3. The number of likely N-dealkylation sites (tertiary alicyclic amines) is 1. The first-order chi connectivity index (χ1) is 16.4. The van der Waals surface area contributed by atoms with Crippen LogP contribution < -0.4 is 5.32 Å². The number of carbonyl (C=O) groups is 1. The number of hydrogen-bond acceptors (Lipinski definition) is 5. The molecule has 2 aromatic rings. The zero-order valence-electron chi connectivity index (χ0n) is 22.0. The molecule has 188 valence electrons. The van der Waals surface area contributed by atoms with E-state index < -0.39 is 0 Å². The summed E-state index contributed by atoms with van der Waals surface area (Å²) in [5.74, 6) is 1.95. The van der Waals surface area contributed by atoms with Crippen LogP contribution in [0.4, 0.5) is 0 Å². The van der Waals surface area contributed by atoms with Crippen LogP contribution in [-0.2, 0) is 11.3 Å². The summed E-state index contributed by atoms with van der Waals surface area (Å²) in [4.78, 5) is 22.4. The van der Waals surface area contributed by atoms with Crippen LogP contribution >= 0.6 is 0 Å². The lowest BCUT2D eigenvalue weighted by Gasteiger charge is -2.30. The molecule has 1 fully saturated rings. The highest BCUT2D eigenvalue weighted by molar-refractivity contribution is 5.78. The van der Waals surface area contributed by atoms with Crippen LogP contribution in [0.3, 0.4) is 0 Å². The summed E-state index contributed by atoms with van der Waals surface area (Å²) in [6, 6.07) is 6.37. The molecule has 1 saturated heterocycles. The normalized spacial score (nSPS) is 15.2. The predicted octanol–water partition coefficient (Wildman–Crippen LogP) is 5.11. The molecule has 0 spiro atoms. The minimum absolute atomic E-state index is 0.127. The lowest BCUT2D eigenvalue weighted by Crippen LogP contribution is -2.41. The lowest BCUT2D eigenvalue weighted by molar-refractivity contribution is -0.126. The van der Waals surface area contributed by atoms with Crippen LogP contribution in [0.2, 0.25) is 0 Å². The molecule has 1 aromatic heterocycles. The van der Waals surface area contributed by atoms with Gasteiger partial charge in [0.15, 0.2) is 0 Å². The first-order valence-corrected chi connectivity index (χ1v) is 13.2. The predicted molar refractivity (Wildman–Crippen MR) is 139 cm³/mol. The van der Waals surface area contributed by atoms with Crippen molar-refractivity contribution in [2.45, 2.75) is 73.3 Å². The second-order valence-electron chi connectivity index (χ2n) is 9.82. The van der Waals surface area contributed by atoms with Gasteiger partial charge in [-0.3, -0.25) is 9.69 Å². The molecule has 0 unspecified atom stereocenters. The van der Waals surface area contributed by atoms with Crippen LogP contribution in [0.5, 0.6) is 0 Å². The molecule has 0 aliphatic carbocycles. The zero-order valence-corrected chi connectivity index (χ0v) is 22.0. The average Bonchev–Trinajstić information content (AvgIpc) is 3.20. The van der Waals surface area contributed by atoms with Gasteiger partial charge in [0.25, 0.3) is 0 Å². The van der Waals surface area contributed by atoms with E-state index in [1.165, 1.54) is 24.0 Å². The fourth-order valence-corrected chi connectivity index (χ4v) is 4.69. The van der Waals surface area contributed by atoms with Gasteiger partial charge in [-0.2, -0.15) is 0 Å². The van der Waals surface area contributed by atoms with Gasteiger partial charge in [0.05, 0.1) is 5.69 Å². The van der Waals surface area contributed by atoms with Crippen molar-refractivity contribution in [3.05, 3.63) is 40.8 Å². The smallest absolute Gasteiger partial charge is 0.226 e. The summed E-state index contributed by atoms with van der Waals surface area (Å²) < 4.78 is 6.03. The van der Waals surface area contributed by atoms with Crippen molar-refractivity contribution in [2.75, 3.05) is 39.3 Å². The lowest BCUT2D eigenvalue weighted by atomic mass is 9.95. The van der Waals surface area contributed by atoms with Gasteiger partial charge in [-0.1, -0.05) is 38.0 Å². The molecule has 3 rings (SSSR count). The largest absolute Gasteiger partial charge is 0.441 e. The summed E-state index contributed by atoms with van der Waals surface area (Å²) in [7, 11) is 0. The summed E-state index contributed by atoms with van der Waals surface area (Å²) in [5, 5.41) is 3.18. The number of amides is 1. The van der Waals surface area contributed by atoms with E-state index >= 15 is 0 Å². The number of aryl methyl sites for hydroxylation is 3. The van der Waals surface area contributed by atoms with E-state index in [2.05, 4.69) is 61.0 Å². The van der Waals surface area contributed by atoms with Gasteiger partial charge >= 0.3 is 0 Å². The van der Waals surface area contributed by atoms with Gasteiger partial charge in [-0.15, -0.1) is 0 Å². The fourth-order valence-electron chi connectivity index (χ4n) is 4.69. The van der Waals surface area contributed by atoms with E-state index in [9.17, 15) is 4.79 Å². The van der Waals surface area contributed by atoms with Gasteiger partial charge < -0.3 is 14.6 Å². The number of oxazole rings is 1. The summed E-state index contributed by atoms with van der Waals surface area (Å²) in [6.45, 7) is 17.3. The molecule has 0 radical (unpaired) electrons. The Bertz CT molecular complexity index is 915. The first kappa shape index (κ1) is 26.4. The molecule has 1 N–H and O–H groups in total. The molecular weight excluding hydrogens is 424 g/mol. The van der Waals surface area contributed by atoms with E-state index in [1.807, 2.05) is 6.92 Å². The quantitative estimate of drug-likeness (QED) is 0.439. The van der Waals surface area contributed by atoms with Gasteiger partial charge in [0.2, 0.25) is 11.8 Å². The molecule has 0 atom stereocenters. The Morgan fingerprint density at radius 3 is 2.59 bits per heavy atom. The Labute approximate surface area is 206 Å². The van der Waals surface area contributed by atoms with Crippen molar-refractivity contribution in [1.29, 1.82) is 0 Å².